The topological polar surface area (TPSA) is 89.2 Å². The lowest BCUT2D eigenvalue weighted by atomic mass is 10.1. The highest BCUT2D eigenvalue weighted by atomic mass is 19.4. The Morgan fingerprint density at radius 1 is 0.947 bits per heavy atom. The number of nitrogens with zero attached hydrogens (tertiary/aromatic N) is 4. The Labute approximate surface area is 218 Å². The summed E-state index contributed by atoms with van der Waals surface area (Å²) in [7, 11) is 0. The summed E-state index contributed by atoms with van der Waals surface area (Å²) in [5.41, 5.74) is 7.49. The van der Waals surface area contributed by atoms with Crippen LogP contribution in [0.4, 0.5) is 30.6 Å². The van der Waals surface area contributed by atoms with Gasteiger partial charge in [-0.25, -0.2) is 4.98 Å². The van der Waals surface area contributed by atoms with Crippen LogP contribution in [0.5, 0.6) is 5.75 Å². The minimum atomic E-state index is -4.42. The predicted molar refractivity (Wildman–Crippen MR) is 142 cm³/mol. The number of piperidine rings is 1. The quantitative estimate of drug-likeness (QED) is 0.263. The number of rotatable bonds is 8. The van der Waals surface area contributed by atoms with Crippen LogP contribution in [0.1, 0.15) is 31.2 Å². The van der Waals surface area contributed by atoms with E-state index >= 15 is 0 Å². The lowest BCUT2D eigenvalue weighted by Gasteiger charge is -2.26. The number of benzene rings is 2. The van der Waals surface area contributed by atoms with Crippen LogP contribution >= 0.6 is 0 Å². The smallest absolute Gasteiger partial charge is 0.416 e. The van der Waals surface area contributed by atoms with E-state index in [1.165, 1.54) is 44.6 Å². The van der Waals surface area contributed by atoms with E-state index in [1.807, 2.05) is 24.3 Å². The first-order valence-corrected chi connectivity index (χ1v) is 12.7. The van der Waals surface area contributed by atoms with Crippen LogP contribution < -0.4 is 15.8 Å². The number of pyridine rings is 1. The molecule has 10 heteroatoms. The number of hydrogen-bond donors (Lipinski definition) is 2. The summed E-state index contributed by atoms with van der Waals surface area (Å²) in [6.07, 6.45) is 3.56. The zero-order valence-corrected chi connectivity index (χ0v) is 20.8. The van der Waals surface area contributed by atoms with E-state index in [2.05, 4.69) is 25.2 Å². The van der Waals surface area contributed by atoms with Gasteiger partial charge in [-0.3, -0.25) is 4.98 Å². The van der Waals surface area contributed by atoms with Crippen molar-refractivity contribution >= 4 is 28.4 Å². The normalized spacial score (nSPS) is 14.5. The Morgan fingerprint density at radius 2 is 1.74 bits per heavy atom. The molecule has 0 aliphatic carbocycles. The van der Waals surface area contributed by atoms with Gasteiger partial charge in [-0.15, -0.1) is 0 Å². The molecule has 1 aliphatic rings. The molecule has 0 bridgehead atoms. The maximum atomic E-state index is 13.0. The van der Waals surface area contributed by atoms with Crippen molar-refractivity contribution in [3.8, 4) is 16.9 Å². The Bertz CT molecular complexity index is 1390. The number of likely N-dealkylation sites (tertiary alicyclic amines) is 1. The van der Waals surface area contributed by atoms with Gasteiger partial charge in [0, 0.05) is 23.7 Å². The van der Waals surface area contributed by atoms with Crippen LogP contribution in [0.15, 0.2) is 60.9 Å². The third kappa shape index (κ3) is 6.31. The van der Waals surface area contributed by atoms with Crippen molar-refractivity contribution in [1.29, 1.82) is 0 Å². The van der Waals surface area contributed by atoms with Gasteiger partial charge in [-0.05, 0) is 68.2 Å². The zero-order chi connectivity index (χ0) is 26.5. The molecular formula is C28H29F3N6O. The average Bonchev–Trinajstić information content (AvgIpc) is 2.91. The molecule has 3 N–H and O–H groups in total. The van der Waals surface area contributed by atoms with Gasteiger partial charge in [-0.1, -0.05) is 24.6 Å². The molecule has 2 aromatic heterocycles. The SMILES string of the molecule is Nc1ncc(-c2ccc(OCCCN3CCCCC3)cc2)c(Nc2cnc3cc(C(F)(F)F)ccc3c2)n1. The molecule has 2 aromatic carbocycles. The first kappa shape index (κ1) is 25.7. The zero-order valence-electron chi connectivity index (χ0n) is 20.8. The summed E-state index contributed by atoms with van der Waals surface area (Å²) in [6, 6.07) is 12.9. The maximum absolute atomic E-state index is 13.0. The van der Waals surface area contributed by atoms with Crippen molar-refractivity contribution in [2.45, 2.75) is 31.9 Å². The lowest BCUT2D eigenvalue weighted by Crippen LogP contribution is -2.31. The van der Waals surface area contributed by atoms with Crippen LogP contribution in [0.25, 0.3) is 22.0 Å². The number of hydrogen-bond acceptors (Lipinski definition) is 7. The number of alkyl halides is 3. The first-order chi connectivity index (χ1) is 18.3. The van der Waals surface area contributed by atoms with E-state index in [0.29, 0.717) is 29.1 Å². The molecule has 38 heavy (non-hydrogen) atoms. The predicted octanol–water partition coefficient (Wildman–Crippen LogP) is 6.29. The number of nitrogen functional groups attached to an aromatic ring is 1. The van der Waals surface area contributed by atoms with Gasteiger partial charge in [0.05, 0.1) is 29.6 Å². The fourth-order valence-electron chi connectivity index (χ4n) is 4.60. The monoisotopic (exact) mass is 522 g/mol. The van der Waals surface area contributed by atoms with E-state index in [1.54, 1.807) is 12.3 Å². The van der Waals surface area contributed by atoms with E-state index in [9.17, 15) is 13.2 Å². The molecule has 0 amide bonds. The number of anilines is 3. The minimum absolute atomic E-state index is 0.0912. The molecule has 7 nitrogen and oxygen atoms in total. The second-order valence-corrected chi connectivity index (χ2v) is 9.37. The minimum Gasteiger partial charge on any atom is -0.494 e. The summed E-state index contributed by atoms with van der Waals surface area (Å²) in [5, 5.41) is 3.75. The van der Waals surface area contributed by atoms with Crippen LogP contribution in [0.2, 0.25) is 0 Å². The standard InChI is InChI=1S/C28H29F3N6O/c29-28(30,31)21-8-5-20-15-22(17-33-25(20)16-21)35-26-24(18-34-27(32)36-26)19-6-9-23(10-7-19)38-14-4-13-37-11-2-1-3-12-37/h5-10,15-18H,1-4,11-14H2,(H3,32,34,35,36). The Kier molecular flexibility index (Phi) is 7.59. The highest BCUT2D eigenvalue weighted by molar-refractivity contribution is 5.85. The first-order valence-electron chi connectivity index (χ1n) is 12.7. The molecule has 0 saturated carbocycles. The van der Waals surface area contributed by atoms with E-state index in [0.717, 1.165) is 36.4 Å². The molecule has 1 saturated heterocycles. The molecule has 0 spiro atoms. The second-order valence-electron chi connectivity index (χ2n) is 9.37. The maximum Gasteiger partial charge on any atom is 0.416 e. The molecule has 198 valence electrons. The summed E-state index contributed by atoms with van der Waals surface area (Å²) in [5.74, 6) is 1.34. The van der Waals surface area contributed by atoms with Crippen molar-refractivity contribution in [3.05, 3.63) is 66.5 Å². The van der Waals surface area contributed by atoms with Crippen LogP contribution in [-0.4, -0.2) is 46.1 Å². The number of nitrogens with two attached hydrogens (primary N) is 1. The van der Waals surface area contributed by atoms with Crippen LogP contribution in [-0.2, 0) is 6.18 Å². The van der Waals surface area contributed by atoms with Gasteiger partial charge in [0.15, 0.2) is 0 Å². The van der Waals surface area contributed by atoms with Crippen molar-refractivity contribution in [3.63, 3.8) is 0 Å². The third-order valence-corrected chi connectivity index (χ3v) is 6.58. The van der Waals surface area contributed by atoms with Crippen molar-refractivity contribution < 1.29 is 17.9 Å². The lowest BCUT2D eigenvalue weighted by molar-refractivity contribution is -0.137. The molecule has 1 fully saturated rings. The summed E-state index contributed by atoms with van der Waals surface area (Å²) < 4.78 is 45.0. The van der Waals surface area contributed by atoms with E-state index < -0.39 is 11.7 Å². The van der Waals surface area contributed by atoms with Crippen molar-refractivity contribution in [2.75, 3.05) is 37.3 Å². The number of fused-ring (bicyclic) bond motifs is 1. The second kappa shape index (κ2) is 11.2. The van der Waals surface area contributed by atoms with Crippen LogP contribution in [0, 0.1) is 0 Å². The number of nitrogens with one attached hydrogen (secondary N) is 1. The molecule has 0 atom stereocenters. The van der Waals surface area contributed by atoms with Crippen molar-refractivity contribution in [1.82, 2.24) is 19.9 Å². The molecule has 1 aliphatic heterocycles. The van der Waals surface area contributed by atoms with Gasteiger partial charge >= 0.3 is 6.18 Å². The summed E-state index contributed by atoms with van der Waals surface area (Å²) >= 11 is 0. The van der Waals surface area contributed by atoms with Gasteiger partial charge in [0.2, 0.25) is 5.95 Å². The average molecular weight is 523 g/mol. The molecular weight excluding hydrogens is 493 g/mol. The van der Waals surface area contributed by atoms with Gasteiger partial charge in [0.25, 0.3) is 0 Å². The Hall–Kier alpha value is -3.92. The molecule has 5 rings (SSSR count). The molecule has 0 radical (unpaired) electrons. The van der Waals surface area contributed by atoms with Gasteiger partial charge in [-0.2, -0.15) is 18.2 Å². The Morgan fingerprint density at radius 3 is 2.50 bits per heavy atom. The largest absolute Gasteiger partial charge is 0.494 e. The molecule has 3 heterocycles. The molecule has 4 aromatic rings. The van der Waals surface area contributed by atoms with Crippen LogP contribution in [0.3, 0.4) is 0 Å². The number of halogens is 3. The van der Waals surface area contributed by atoms with E-state index in [4.69, 9.17) is 10.5 Å². The summed E-state index contributed by atoms with van der Waals surface area (Å²) in [4.78, 5) is 15.2. The third-order valence-electron chi connectivity index (χ3n) is 6.58. The van der Waals surface area contributed by atoms with E-state index in [-0.39, 0.29) is 11.5 Å². The van der Waals surface area contributed by atoms with Crippen molar-refractivity contribution in [2.24, 2.45) is 0 Å². The van der Waals surface area contributed by atoms with Gasteiger partial charge < -0.3 is 20.7 Å². The molecule has 0 unspecified atom stereocenters. The number of ether oxygens (including phenoxy) is 1. The fourth-order valence-corrected chi connectivity index (χ4v) is 4.60. The number of aromatic nitrogens is 3. The fraction of sp³-hybridized carbons (Fsp3) is 0.321. The Balaban J connectivity index is 1.27. The summed E-state index contributed by atoms with van der Waals surface area (Å²) in [6.45, 7) is 4.09. The highest BCUT2D eigenvalue weighted by Gasteiger charge is 2.30. The highest BCUT2D eigenvalue weighted by Crippen LogP contribution is 2.33. The van der Waals surface area contributed by atoms with Gasteiger partial charge in [0.1, 0.15) is 11.6 Å².